The molecule has 0 aliphatic rings. The summed E-state index contributed by atoms with van der Waals surface area (Å²) in [6, 6.07) is 8.24. The maximum atomic E-state index is 9.25. The van der Waals surface area contributed by atoms with Gasteiger partial charge >= 0.3 is 0 Å². The molecule has 0 heterocycles. The lowest BCUT2D eigenvalue weighted by Crippen LogP contribution is -2.25. The fourth-order valence-electron chi connectivity index (χ4n) is 1.61. The molecule has 1 aromatic rings. The highest BCUT2D eigenvalue weighted by Gasteiger charge is 2.12. The van der Waals surface area contributed by atoms with E-state index in [9.17, 15) is 5.11 Å². The summed E-state index contributed by atoms with van der Waals surface area (Å²) < 4.78 is 0. The molecule has 90 valence electrons. The molecule has 0 fully saturated rings. The molecule has 0 saturated carbocycles. The van der Waals surface area contributed by atoms with Gasteiger partial charge in [0, 0.05) is 17.6 Å². The minimum absolute atomic E-state index is 0.242. The van der Waals surface area contributed by atoms with Crippen molar-refractivity contribution in [1.29, 1.82) is 0 Å². The summed E-state index contributed by atoms with van der Waals surface area (Å²) in [7, 11) is 2.06. The Kier molecular flexibility index (Phi) is 5.26. The number of halogens is 1. The number of hydrogen-bond donors (Lipinski definition) is 1. The van der Waals surface area contributed by atoms with Gasteiger partial charge in [0.2, 0.25) is 0 Å². The summed E-state index contributed by atoms with van der Waals surface area (Å²) in [5.74, 6) is 0. The summed E-state index contributed by atoms with van der Waals surface area (Å²) in [5.41, 5.74) is 1.21. The molecular weight excluding hydrogens is 222 g/mol. The number of nitrogens with zero attached hydrogens (tertiary/aromatic N) is 1. The van der Waals surface area contributed by atoms with E-state index in [-0.39, 0.29) is 6.10 Å². The zero-order valence-corrected chi connectivity index (χ0v) is 10.9. The third-order valence-electron chi connectivity index (χ3n) is 2.89. The van der Waals surface area contributed by atoms with Crippen LogP contribution in [0.2, 0.25) is 5.02 Å². The monoisotopic (exact) mass is 241 g/mol. The van der Waals surface area contributed by atoms with Gasteiger partial charge < -0.3 is 5.11 Å². The first-order valence-electron chi connectivity index (χ1n) is 5.64. The summed E-state index contributed by atoms with van der Waals surface area (Å²) in [6.07, 6.45) is 0.551. The second-order valence-electron chi connectivity index (χ2n) is 4.35. The molecule has 0 amide bonds. The predicted molar refractivity (Wildman–Crippen MR) is 68.8 cm³/mol. The molecule has 2 atom stereocenters. The van der Waals surface area contributed by atoms with Crippen molar-refractivity contribution in [3.63, 3.8) is 0 Å². The first-order valence-corrected chi connectivity index (χ1v) is 6.02. The van der Waals surface area contributed by atoms with Gasteiger partial charge in [-0.15, -0.1) is 0 Å². The minimum Gasteiger partial charge on any atom is -0.393 e. The quantitative estimate of drug-likeness (QED) is 0.856. The van der Waals surface area contributed by atoms with E-state index in [1.165, 1.54) is 5.56 Å². The lowest BCUT2D eigenvalue weighted by atomic mass is 10.1. The summed E-state index contributed by atoms with van der Waals surface area (Å²) in [4.78, 5) is 2.22. The number of benzene rings is 1. The normalized spacial score (nSPS) is 15.1. The minimum atomic E-state index is -0.242. The van der Waals surface area contributed by atoms with Gasteiger partial charge in [0.05, 0.1) is 6.10 Å². The van der Waals surface area contributed by atoms with Gasteiger partial charge in [-0.3, -0.25) is 4.90 Å². The van der Waals surface area contributed by atoms with Gasteiger partial charge in [0.25, 0.3) is 0 Å². The van der Waals surface area contributed by atoms with Crippen molar-refractivity contribution in [2.24, 2.45) is 0 Å². The average Bonchev–Trinajstić information content (AvgIpc) is 2.24. The highest BCUT2D eigenvalue weighted by molar-refractivity contribution is 6.30. The van der Waals surface area contributed by atoms with Crippen LogP contribution < -0.4 is 0 Å². The van der Waals surface area contributed by atoms with E-state index in [1.54, 1.807) is 0 Å². The Balaban J connectivity index is 2.59. The van der Waals surface area contributed by atoms with Crippen molar-refractivity contribution in [3.05, 3.63) is 34.9 Å². The SMILES string of the molecule is CC(O)CCN(C)C(C)c1cccc(Cl)c1. The van der Waals surface area contributed by atoms with Gasteiger partial charge in [-0.1, -0.05) is 23.7 Å². The fourth-order valence-corrected chi connectivity index (χ4v) is 1.80. The lowest BCUT2D eigenvalue weighted by molar-refractivity contribution is 0.153. The molecule has 1 aromatic carbocycles. The van der Waals surface area contributed by atoms with Gasteiger partial charge in [0.15, 0.2) is 0 Å². The first-order chi connectivity index (χ1) is 7.50. The van der Waals surface area contributed by atoms with Crippen LogP contribution in [0.4, 0.5) is 0 Å². The van der Waals surface area contributed by atoms with Crippen LogP contribution >= 0.6 is 11.6 Å². The highest BCUT2D eigenvalue weighted by Crippen LogP contribution is 2.21. The summed E-state index contributed by atoms with van der Waals surface area (Å²) in [5, 5.41) is 10.0. The third kappa shape index (κ3) is 4.12. The summed E-state index contributed by atoms with van der Waals surface area (Å²) in [6.45, 7) is 4.84. The molecule has 1 rings (SSSR count). The van der Waals surface area contributed by atoms with Gasteiger partial charge in [-0.2, -0.15) is 0 Å². The topological polar surface area (TPSA) is 23.5 Å². The van der Waals surface area contributed by atoms with Crippen LogP contribution in [0.15, 0.2) is 24.3 Å². The van der Waals surface area contributed by atoms with Crippen LogP contribution in [0, 0.1) is 0 Å². The largest absolute Gasteiger partial charge is 0.393 e. The number of hydrogen-bond acceptors (Lipinski definition) is 2. The maximum Gasteiger partial charge on any atom is 0.0524 e. The molecule has 0 bridgehead atoms. The Hall–Kier alpha value is -0.570. The molecule has 0 radical (unpaired) electrons. The molecule has 0 aliphatic heterocycles. The molecule has 0 aromatic heterocycles. The van der Waals surface area contributed by atoms with Crippen LogP contribution in [-0.4, -0.2) is 29.7 Å². The smallest absolute Gasteiger partial charge is 0.0524 e. The van der Waals surface area contributed by atoms with Crippen LogP contribution in [0.25, 0.3) is 0 Å². The molecule has 2 nitrogen and oxygen atoms in total. The first kappa shape index (κ1) is 13.5. The van der Waals surface area contributed by atoms with E-state index in [2.05, 4.69) is 24.9 Å². The second kappa shape index (κ2) is 6.24. The van der Waals surface area contributed by atoms with Crippen molar-refractivity contribution < 1.29 is 5.11 Å². The molecule has 16 heavy (non-hydrogen) atoms. The van der Waals surface area contributed by atoms with Crippen LogP contribution in [0.5, 0.6) is 0 Å². The van der Waals surface area contributed by atoms with E-state index in [4.69, 9.17) is 11.6 Å². The van der Waals surface area contributed by atoms with E-state index in [0.717, 1.165) is 18.0 Å². The molecule has 0 spiro atoms. The van der Waals surface area contributed by atoms with Gasteiger partial charge in [-0.25, -0.2) is 0 Å². The standard InChI is InChI=1S/C13H20ClNO/c1-10(16)7-8-15(3)11(2)12-5-4-6-13(14)9-12/h4-6,9-11,16H,7-8H2,1-3H3. The molecular formula is C13H20ClNO. The molecule has 3 heteroatoms. The van der Waals surface area contributed by atoms with Crippen molar-refractivity contribution in [2.75, 3.05) is 13.6 Å². The van der Waals surface area contributed by atoms with Crippen molar-refractivity contribution in [3.8, 4) is 0 Å². The van der Waals surface area contributed by atoms with Crippen molar-refractivity contribution >= 4 is 11.6 Å². The summed E-state index contributed by atoms with van der Waals surface area (Å²) >= 11 is 5.96. The zero-order chi connectivity index (χ0) is 12.1. The Morgan fingerprint density at radius 1 is 1.38 bits per heavy atom. The van der Waals surface area contributed by atoms with E-state index in [1.807, 2.05) is 25.1 Å². The number of rotatable bonds is 5. The Morgan fingerprint density at radius 3 is 2.62 bits per heavy atom. The van der Waals surface area contributed by atoms with E-state index < -0.39 is 0 Å². The molecule has 0 saturated heterocycles. The van der Waals surface area contributed by atoms with Crippen LogP contribution in [-0.2, 0) is 0 Å². The predicted octanol–water partition coefficient (Wildman–Crippen LogP) is 3.10. The third-order valence-corrected chi connectivity index (χ3v) is 3.13. The average molecular weight is 242 g/mol. The number of aliphatic hydroxyl groups is 1. The van der Waals surface area contributed by atoms with Crippen LogP contribution in [0.1, 0.15) is 31.9 Å². The Morgan fingerprint density at radius 2 is 2.06 bits per heavy atom. The van der Waals surface area contributed by atoms with Gasteiger partial charge in [-0.05, 0) is 45.0 Å². The second-order valence-corrected chi connectivity index (χ2v) is 4.79. The van der Waals surface area contributed by atoms with Crippen molar-refractivity contribution in [1.82, 2.24) is 4.90 Å². The Labute approximate surface area is 103 Å². The maximum absolute atomic E-state index is 9.25. The fraction of sp³-hybridized carbons (Fsp3) is 0.538. The zero-order valence-electron chi connectivity index (χ0n) is 10.2. The molecule has 0 aliphatic carbocycles. The van der Waals surface area contributed by atoms with E-state index >= 15 is 0 Å². The highest BCUT2D eigenvalue weighted by atomic mass is 35.5. The Bertz CT molecular complexity index is 327. The molecule has 1 N–H and O–H groups in total. The molecule has 2 unspecified atom stereocenters. The number of aliphatic hydroxyl groups excluding tert-OH is 1. The lowest BCUT2D eigenvalue weighted by Gasteiger charge is -2.25. The van der Waals surface area contributed by atoms with E-state index in [0.29, 0.717) is 6.04 Å². The van der Waals surface area contributed by atoms with Crippen molar-refractivity contribution in [2.45, 2.75) is 32.4 Å². The van der Waals surface area contributed by atoms with Crippen LogP contribution in [0.3, 0.4) is 0 Å². The van der Waals surface area contributed by atoms with Gasteiger partial charge in [0.1, 0.15) is 0 Å².